The molecule has 176 valence electrons. The summed E-state index contributed by atoms with van der Waals surface area (Å²) in [6.07, 6.45) is 3.25. The number of aromatic nitrogens is 3. The fraction of sp³-hybridized carbons (Fsp3) is 0.625. The number of hydrogen-bond acceptors (Lipinski definition) is 5. The highest BCUT2D eigenvalue weighted by atomic mass is 16.5. The minimum atomic E-state index is 0.109. The minimum Gasteiger partial charge on any atom is -0.382 e. The first-order valence-electron chi connectivity index (χ1n) is 11.7. The molecule has 8 heteroatoms. The lowest BCUT2D eigenvalue weighted by atomic mass is 9.89. The second kappa shape index (κ2) is 12.6. The van der Waals surface area contributed by atoms with Crippen LogP contribution < -0.4 is 10.6 Å². The van der Waals surface area contributed by atoms with Gasteiger partial charge in [-0.1, -0.05) is 29.8 Å². The van der Waals surface area contributed by atoms with Crippen molar-refractivity contribution < 1.29 is 9.47 Å². The van der Waals surface area contributed by atoms with Gasteiger partial charge in [-0.3, -0.25) is 0 Å². The largest absolute Gasteiger partial charge is 0.382 e. The maximum Gasteiger partial charge on any atom is 0.191 e. The van der Waals surface area contributed by atoms with Crippen LogP contribution in [0.15, 0.2) is 29.3 Å². The molecule has 0 saturated carbocycles. The summed E-state index contributed by atoms with van der Waals surface area (Å²) >= 11 is 0. The molecule has 2 atom stereocenters. The van der Waals surface area contributed by atoms with Crippen molar-refractivity contribution in [3.63, 3.8) is 0 Å². The third-order valence-corrected chi connectivity index (χ3v) is 5.91. The summed E-state index contributed by atoms with van der Waals surface area (Å²) in [6, 6.07) is 8.70. The van der Waals surface area contributed by atoms with Gasteiger partial charge in [0.2, 0.25) is 0 Å². The highest BCUT2D eigenvalue weighted by Crippen LogP contribution is 2.33. The Balaban J connectivity index is 1.63. The van der Waals surface area contributed by atoms with Crippen LogP contribution in [0.2, 0.25) is 0 Å². The summed E-state index contributed by atoms with van der Waals surface area (Å²) in [4.78, 5) is 4.77. The van der Waals surface area contributed by atoms with Crippen LogP contribution in [0.1, 0.15) is 55.1 Å². The molecule has 1 saturated heterocycles. The Morgan fingerprint density at radius 2 is 2.03 bits per heavy atom. The SMILES string of the molecule is CCOCCCNC(=NCc1nnc(C)n1C)NCC1CCCOC1c1ccc(C)cc1. The number of ether oxygens (including phenoxy) is 2. The van der Waals surface area contributed by atoms with Crippen molar-refractivity contribution in [2.75, 3.05) is 32.9 Å². The first-order chi connectivity index (χ1) is 15.6. The number of nitrogens with one attached hydrogen (secondary N) is 2. The summed E-state index contributed by atoms with van der Waals surface area (Å²) in [5.41, 5.74) is 2.52. The van der Waals surface area contributed by atoms with Crippen LogP contribution in [0.5, 0.6) is 0 Å². The second-order valence-corrected chi connectivity index (χ2v) is 8.35. The van der Waals surface area contributed by atoms with Crippen molar-refractivity contribution in [3.8, 4) is 0 Å². The van der Waals surface area contributed by atoms with E-state index < -0.39 is 0 Å². The van der Waals surface area contributed by atoms with Crippen LogP contribution in [-0.2, 0) is 23.1 Å². The molecule has 1 aromatic heterocycles. The first kappa shape index (κ1) is 24.2. The molecule has 2 aromatic rings. The van der Waals surface area contributed by atoms with Crippen LogP contribution >= 0.6 is 0 Å². The Bertz CT molecular complexity index is 849. The molecular formula is C24H38N6O2. The lowest BCUT2D eigenvalue weighted by Crippen LogP contribution is -2.42. The third kappa shape index (κ3) is 7.03. The average molecular weight is 443 g/mol. The van der Waals surface area contributed by atoms with Crippen molar-refractivity contribution in [2.45, 2.75) is 52.7 Å². The van der Waals surface area contributed by atoms with Crippen LogP contribution in [-0.4, -0.2) is 53.6 Å². The molecule has 2 N–H and O–H groups in total. The zero-order chi connectivity index (χ0) is 22.8. The van der Waals surface area contributed by atoms with Gasteiger partial charge < -0.3 is 24.7 Å². The minimum absolute atomic E-state index is 0.109. The van der Waals surface area contributed by atoms with E-state index in [1.54, 1.807) is 0 Å². The van der Waals surface area contributed by atoms with Crippen LogP contribution in [0.3, 0.4) is 0 Å². The van der Waals surface area contributed by atoms with E-state index in [1.165, 1.54) is 11.1 Å². The molecule has 3 rings (SSSR count). The van der Waals surface area contributed by atoms with Gasteiger partial charge in [0.25, 0.3) is 0 Å². The number of rotatable bonds is 10. The van der Waals surface area contributed by atoms with E-state index in [-0.39, 0.29) is 6.10 Å². The zero-order valence-electron chi connectivity index (χ0n) is 19.9. The van der Waals surface area contributed by atoms with Crippen LogP contribution in [0.4, 0.5) is 0 Å². The number of nitrogens with zero attached hydrogens (tertiary/aromatic N) is 4. The van der Waals surface area contributed by atoms with E-state index in [9.17, 15) is 0 Å². The number of hydrogen-bond donors (Lipinski definition) is 2. The highest BCUT2D eigenvalue weighted by Gasteiger charge is 2.27. The summed E-state index contributed by atoms with van der Waals surface area (Å²) in [5.74, 6) is 2.90. The fourth-order valence-electron chi connectivity index (χ4n) is 3.84. The van der Waals surface area contributed by atoms with Crippen LogP contribution in [0, 0.1) is 19.8 Å². The molecule has 1 fully saturated rings. The van der Waals surface area contributed by atoms with Crippen molar-refractivity contribution in [1.29, 1.82) is 0 Å². The van der Waals surface area contributed by atoms with E-state index in [2.05, 4.69) is 52.0 Å². The fourth-order valence-corrected chi connectivity index (χ4v) is 3.84. The summed E-state index contributed by atoms with van der Waals surface area (Å²) in [5, 5.41) is 15.3. The Kier molecular flexibility index (Phi) is 9.49. The predicted octanol–water partition coefficient (Wildman–Crippen LogP) is 3.06. The summed E-state index contributed by atoms with van der Waals surface area (Å²) < 4.78 is 13.6. The van der Waals surface area contributed by atoms with Gasteiger partial charge in [0, 0.05) is 45.9 Å². The standard InChI is InChI=1S/C24H38N6O2/c1-5-31-14-7-13-25-24(27-17-22-29-28-19(3)30(22)4)26-16-21-8-6-15-32-23(21)20-11-9-18(2)10-12-20/h9-12,21,23H,5-8,13-17H2,1-4H3,(H2,25,26,27). The number of aliphatic imine (C=N–C) groups is 1. The number of aryl methyl sites for hydroxylation is 2. The van der Waals surface area contributed by atoms with Crippen LogP contribution in [0.25, 0.3) is 0 Å². The third-order valence-electron chi connectivity index (χ3n) is 5.91. The van der Waals surface area contributed by atoms with E-state index in [0.717, 1.165) is 69.8 Å². The van der Waals surface area contributed by atoms with E-state index in [1.807, 2.05) is 25.5 Å². The van der Waals surface area contributed by atoms with Crippen molar-refractivity contribution in [2.24, 2.45) is 18.0 Å². The monoisotopic (exact) mass is 442 g/mol. The second-order valence-electron chi connectivity index (χ2n) is 8.35. The lowest BCUT2D eigenvalue weighted by molar-refractivity contribution is -0.0265. The molecule has 1 aliphatic heterocycles. The van der Waals surface area contributed by atoms with Gasteiger partial charge in [0.1, 0.15) is 12.4 Å². The molecule has 0 bridgehead atoms. The van der Waals surface area contributed by atoms with Crippen molar-refractivity contribution in [1.82, 2.24) is 25.4 Å². The van der Waals surface area contributed by atoms with E-state index in [4.69, 9.17) is 14.5 Å². The maximum absolute atomic E-state index is 6.18. The smallest absolute Gasteiger partial charge is 0.191 e. The molecule has 8 nitrogen and oxygen atoms in total. The predicted molar refractivity (Wildman–Crippen MR) is 127 cm³/mol. The molecular weight excluding hydrogens is 404 g/mol. The molecule has 0 radical (unpaired) electrons. The average Bonchev–Trinajstić information content (AvgIpc) is 3.13. The van der Waals surface area contributed by atoms with Gasteiger partial charge in [0.15, 0.2) is 11.8 Å². The number of benzene rings is 1. The Hall–Kier alpha value is -2.45. The molecule has 0 amide bonds. The molecule has 0 spiro atoms. The maximum atomic E-state index is 6.18. The van der Waals surface area contributed by atoms with E-state index in [0.29, 0.717) is 12.5 Å². The van der Waals surface area contributed by atoms with Gasteiger partial charge >= 0.3 is 0 Å². The first-order valence-corrected chi connectivity index (χ1v) is 11.7. The van der Waals surface area contributed by atoms with Gasteiger partial charge in [-0.25, -0.2) is 4.99 Å². The van der Waals surface area contributed by atoms with Gasteiger partial charge in [-0.2, -0.15) is 0 Å². The number of guanidine groups is 1. The summed E-state index contributed by atoms with van der Waals surface area (Å²) in [7, 11) is 1.97. The highest BCUT2D eigenvalue weighted by molar-refractivity contribution is 5.79. The molecule has 2 unspecified atom stereocenters. The molecule has 0 aliphatic carbocycles. The lowest BCUT2D eigenvalue weighted by Gasteiger charge is -2.32. The molecule has 1 aliphatic rings. The topological polar surface area (TPSA) is 85.6 Å². The van der Waals surface area contributed by atoms with Crippen molar-refractivity contribution >= 4 is 5.96 Å². The molecule has 32 heavy (non-hydrogen) atoms. The normalized spacial score (nSPS) is 19.2. The zero-order valence-corrected chi connectivity index (χ0v) is 19.9. The Morgan fingerprint density at radius 1 is 1.22 bits per heavy atom. The van der Waals surface area contributed by atoms with E-state index >= 15 is 0 Å². The van der Waals surface area contributed by atoms with Gasteiger partial charge in [-0.15, -0.1) is 10.2 Å². The molecule has 1 aromatic carbocycles. The quantitative estimate of drug-likeness (QED) is 0.334. The van der Waals surface area contributed by atoms with Gasteiger partial charge in [0.05, 0.1) is 6.10 Å². The van der Waals surface area contributed by atoms with Crippen molar-refractivity contribution in [3.05, 3.63) is 47.0 Å². The Labute approximate surface area is 191 Å². The molecule has 2 heterocycles. The summed E-state index contributed by atoms with van der Waals surface area (Å²) in [6.45, 7) is 10.4. The van der Waals surface area contributed by atoms with Gasteiger partial charge in [-0.05, 0) is 45.6 Å². The Morgan fingerprint density at radius 3 is 2.75 bits per heavy atom.